The van der Waals surface area contributed by atoms with Crippen LogP contribution < -0.4 is 20.9 Å². The molecule has 0 amide bonds. The fourth-order valence-electron chi connectivity index (χ4n) is 4.86. The molecule has 0 aliphatic carbocycles. The lowest BCUT2D eigenvalue weighted by Crippen LogP contribution is -2.43. The van der Waals surface area contributed by atoms with Crippen molar-refractivity contribution in [1.82, 2.24) is 15.0 Å². The Morgan fingerprint density at radius 3 is 1.63 bits per heavy atom. The van der Waals surface area contributed by atoms with Crippen molar-refractivity contribution >= 4 is 15.9 Å². The van der Waals surface area contributed by atoms with Crippen molar-refractivity contribution in [2.45, 2.75) is 84.7 Å². The lowest BCUT2D eigenvalue weighted by atomic mass is 9.93. The van der Waals surface area contributed by atoms with E-state index in [-0.39, 0.29) is 35.0 Å². The zero-order valence-electron chi connectivity index (χ0n) is 27.0. The Labute approximate surface area is 274 Å². The van der Waals surface area contributed by atoms with E-state index in [1.165, 1.54) is 6.20 Å². The van der Waals surface area contributed by atoms with Crippen LogP contribution in [-0.2, 0) is 12.4 Å². The Kier molecular flexibility index (Phi) is 13.4. The summed E-state index contributed by atoms with van der Waals surface area (Å²) in [7, 11) is 0. The van der Waals surface area contributed by atoms with Gasteiger partial charge in [-0.25, -0.2) is 4.98 Å². The summed E-state index contributed by atoms with van der Waals surface area (Å²) in [4.78, 5) is 11.9. The first-order valence-corrected chi connectivity index (χ1v) is 15.3. The van der Waals surface area contributed by atoms with E-state index in [0.29, 0.717) is 35.9 Å². The molecule has 0 unspecified atom stereocenters. The minimum atomic E-state index is -4.56. The molecule has 0 bridgehead atoms. The Morgan fingerprint density at radius 2 is 1.20 bits per heavy atom. The lowest BCUT2D eigenvalue weighted by molar-refractivity contribution is -0.140. The number of rotatable bonds is 11. The second-order valence-corrected chi connectivity index (χ2v) is 13.6. The summed E-state index contributed by atoms with van der Waals surface area (Å²) in [5.74, 6) is 0.0263. The molecule has 3 aromatic rings. The molecule has 0 radical (unpaired) electrons. The Balaban J connectivity index is 0.000000332. The van der Waals surface area contributed by atoms with Crippen LogP contribution in [0.5, 0.6) is 11.5 Å². The van der Waals surface area contributed by atoms with Gasteiger partial charge in [-0.1, -0.05) is 27.7 Å². The maximum Gasteiger partial charge on any atom is 0.420 e. The number of alkyl halides is 6. The largest absolute Gasteiger partial charge is 0.489 e. The Morgan fingerprint density at radius 1 is 0.739 bits per heavy atom. The normalized spacial score (nSPS) is 14.7. The van der Waals surface area contributed by atoms with E-state index < -0.39 is 34.6 Å². The zero-order valence-corrected chi connectivity index (χ0v) is 28.6. The van der Waals surface area contributed by atoms with Gasteiger partial charge in [0.15, 0.2) is 0 Å². The van der Waals surface area contributed by atoms with Crippen LogP contribution in [0.3, 0.4) is 0 Å². The van der Waals surface area contributed by atoms with Crippen LogP contribution in [-0.4, -0.2) is 39.2 Å². The van der Waals surface area contributed by atoms with Gasteiger partial charge in [0, 0.05) is 28.5 Å². The van der Waals surface area contributed by atoms with Crippen molar-refractivity contribution in [3.63, 3.8) is 0 Å². The quantitative estimate of drug-likeness (QED) is 0.151. The minimum Gasteiger partial charge on any atom is -0.489 e. The summed E-state index contributed by atoms with van der Waals surface area (Å²) < 4.78 is 90.0. The Bertz CT molecular complexity index is 1430. The highest BCUT2D eigenvalue weighted by atomic mass is 79.9. The maximum absolute atomic E-state index is 13.5. The smallest absolute Gasteiger partial charge is 0.420 e. The van der Waals surface area contributed by atoms with E-state index in [2.05, 4.69) is 30.9 Å². The lowest BCUT2D eigenvalue weighted by Gasteiger charge is -2.27. The van der Waals surface area contributed by atoms with E-state index in [1.54, 1.807) is 32.9 Å². The third kappa shape index (κ3) is 13.0. The highest BCUT2D eigenvalue weighted by Gasteiger charge is 2.37. The van der Waals surface area contributed by atoms with Crippen molar-refractivity contribution in [1.29, 1.82) is 0 Å². The van der Waals surface area contributed by atoms with Crippen LogP contribution in [0.4, 0.5) is 26.3 Å². The summed E-state index contributed by atoms with van der Waals surface area (Å²) in [5, 5.41) is 0. The first-order valence-electron chi connectivity index (χ1n) is 14.6. The fourth-order valence-corrected chi connectivity index (χ4v) is 5.20. The second-order valence-electron chi connectivity index (χ2n) is 12.8. The molecule has 0 saturated heterocycles. The molecule has 14 heteroatoms. The van der Waals surface area contributed by atoms with Gasteiger partial charge in [-0.15, -0.1) is 0 Å². The monoisotopic (exact) mass is 721 g/mol. The number of nitrogens with two attached hydrogens (primary N) is 2. The van der Waals surface area contributed by atoms with Crippen LogP contribution in [0.1, 0.15) is 71.2 Å². The van der Waals surface area contributed by atoms with Gasteiger partial charge in [0.2, 0.25) is 0 Å². The van der Waals surface area contributed by atoms with Gasteiger partial charge in [0.25, 0.3) is 0 Å². The summed E-state index contributed by atoms with van der Waals surface area (Å²) in [6, 6.07) is 5.20. The number of nitrogens with zero attached hydrogens (tertiary/aromatic N) is 3. The molecule has 0 spiro atoms. The van der Waals surface area contributed by atoms with Gasteiger partial charge >= 0.3 is 12.4 Å². The average Bonchev–Trinajstić information content (AvgIpc) is 2.89. The number of halogens is 7. The minimum absolute atomic E-state index is 0.00241. The maximum atomic E-state index is 13.5. The Hall–Kier alpha value is -2.97. The standard InChI is InChI=1S/C19H24F3N3O.C13H18BrF3N2O/c1-12(2)9-18(4,23)11-26-17-10-25-16(8-15(17)19(20,21)22)14-5-6-24-13(3)7-14;1-8(2)5-12(3,18)7-20-10-6-19-11(14)4-9(10)13(15,16)17/h5-8,10,12H,9,11,23H2,1-4H3;4,6,8H,5,7,18H2,1-3H3/t18-;12-/m00/s1. The molecular formula is C32H42BrF6N5O2. The molecule has 4 N–H and O–H groups in total. The summed E-state index contributed by atoms with van der Waals surface area (Å²) in [6.07, 6.45) is -4.07. The van der Waals surface area contributed by atoms with E-state index in [9.17, 15) is 26.3 Å². The van der Waals surface area contributed by atoms with Crippen molar-refractivity contribution in [2.24, 2.45) is 23.3 Å². The van der Waals surface area contributed by atoms with E-state index >= 15 is 0 Å². The fraction of sp³-hybridized carbons (Fsp3) is 0.531. The highest BCUT2D eigenvalue weighted by molar-refractivity contribution is 9.10. The van der Waals surface area contributed by atoms with Crippen molar-refractivity contribution < 1.29 is 35.8 Å². The van der Waals surface area contributed by atoms with Crippen LogP contribution >= 0.6 is 15.9 Å². The first-order chi connectivity index (χ1) is 21.0. The molecule has 2 atom stereocenters. The topological polar surface area (TPSA) is 109 Å². The predicted molar refractivity (Wildman–Crippen MR) is 169 cm³/mol. The van der Waals surface area contributed by atoms with Gasteiger partial charge in [-0.05, 0) is 85.6 Å². The van der Waals surface area contributed by atoms with Crippen LogP contribution in [0.25, 0.3) is 11.3 Å². The van der Waals surface area contributed by atoms with Crippen molar-refractivity contribution in [2.75, 3.05) is 13.2 Å². The SMILES string of the molecule is CC(C)C[C@](C)(N)COc1cnc(Br)cc1C(F)(F)F.Cc1cc(-c2cc(C(F)(F)F)c(OC[C@@](C)(N)CC(C)C)cn2)ccn1. The molecule has 3 aromatic heterocycles. The summed E-state index contributed by atoms with van der Waals surface area (Å²) >= 11 is 2.92. The van der Waals surface area contributed by atoms with Crippen molar-refractivity contribution in [3.8, 4) is 22.8 Å². The van der Waals surface area contributed by atoms with Gasteiger partial charge in [-0.2, -0.15) is 26.3 Å². The van der Waals surface area contributed by atoms with Gasteiger partial charge in [-0.3, -0.25) is 9.97 Å². The first kappa shape index (κ1) is 39.2. The number of aryl methyl sites for hydroxylation is 1. The molecule has 256 valence electrons. The van der Waals surface area contributed by atoms with E-state index in [4.69, 9.17) is 20.9 Å². The summed E-state index contributed by atoms with van der Waals surface area (Å²) in [5.41, 5.74) is 10.5. The number of hydrogen-bond donors (Lipinski definition) is 2. The molecule has 0 aliphatic rings. The number of aromatic nitrogens is 3. The van der Waals surface area contributed by atoms with Gasteiger partial charge < -0.3 is 20.9 Å². The zero-order chi connectivity index (χ0) is 35.1. The molecule has 0 aliphatic heterocycles. The van der Waals surface area contributed by atoms with Gasteiger partial charge in [0.1, 0.15) is 40.4 Å². The van der Waals surface area contributed by atoms with Crippen molar-refractivity contribution in [3.05, 3.63) is 64.3 Å². The summed E-state index contributed by atoms with van der Waals surface area (Å²) in [6.45, 7) is 13.2. The van der Waals surface area contributed by atoms with Crippen LogP contribution in [0.2, 0.25) is 0 Å². The van der Waals surface area contributed by atoms with E-state index in [1.807, 2.05) is 27.7 Å². The molecule has 46 heavy (non-hydrogen) atoms. The second kappa shape index (κ2) is 15.7. The van der Waals surface area contributed by atoms with Gasteiger partial charge in [0.05, 0.1) is 18.1 Å². The molecule has 0 saturated carbocycles. The average molecular weight is 723 g/mol. The molecule has 7 nitrogen and oxygen atoms in total. The molecular weight excluding hydrogens is 680 g/mol. The van der Waals surface area contributed by atoms with Crippen LogP contribution in [0, 0.1) is 18.8 Å². The van der Waals surface area contributed by atoms with E-state index in [0.717, 1.165) is 24.5 Å². The number of ether oxygens (including phenoxy) is 2. The third-order valence-corrected chi connectivity index (χ3v) is 6.80. The molecule has 3 rings (SSSR count). The third-order valence-electron chi connectivity index (χ3n) is 6.37. The number of pyridine rings is 3. The molecule has 3 heterocycles. The van der Waals surface area contributed by atoms with Crippen LogP contribution in [0.15, 0.2) is 47.5 Å². The number of hydrogen-bond acceptors (Lipinski definition) is 7. The molecule has 0 fully saturated rings. The highest BCUT2D eigenvalue weighted by Crippen LogP contribution is 2.39. The molecule has 0 aromatic carbocycles. The predicted octanol–water partition coefficient (Wildman–Crippen LogP) is 8.62.